The predicted octanol–water partition coefficient (Wildman–Crippen LogP) is 3.12. The van der Waals surface area contributed by atoms with Gasteiger partial charge in [-0.15, -0.1) is 0 Å². The van der Waals surface area contributed by atoms with Gasteiger partial charge in [0.05, 0.1) is 34.7 Å². The van der Waals surface area contributed by atoms with E-state index in [1.807, 2.05) is 0 Å². The zero-order valence-corrected chi connectivity index (χ0v) is 18.1. The molecule has 0 saturated carbocycles. The Balaban J connectivity index is 1.50. The molecule has 6 N–H and O–H groups in total. The standard InChI is InChI=1S/C21H20F2N8OS/c22-12-4-1-5-13(23)15(12)21-29-16(18(25)33-21)20(32)28-14-8-26-19-11(7-27-30-19)17(14)31-6-2-3-10(24)9-31/h1,4-5,7-8,10H,2-3,6,9,24-25H2,(H,28,32)(H,26,27,30). The number of hydrogen-bond donors (Lipinski definition) is 4. The van der Waals surface area contributed by atoms with Crippen molar-refractivity contribution in [3.63, 3.8) is 0 Å². The Morgan fingerprint density at radius 2 is 2.06 bits per heavy atom. The summed E-state index contributed by atoms with van der Waals surface area (Å²) in [5.41, 5.74) is 13.5. The van der Waals surface area contributed by atoms with Crippen molar-refractivity contribution >= 4 is 44.7 Å². The number of anilines is 3. The van der Waals surface area contributed by atoms with E-state index in [1.165, 1.54) is 12.3 Å². The summed E-state index contributed by atoms with van der Waals surface area (Å²) < 4.78 is 28.4. The molecule has 9 nitrogen and oxygen atoms in total. The average Bonchev–Trinajstić information content (AvgIpc) is 3.40. The number of piperidine rings is 1. The third-order valence-corrected chi connectivity index (χ3v) is 6.42. The number of aromatic amines is 1. The molecule has 1 saturated heterocycles. The first-order chi connectivity index (χ1) is 15.9. The van der Waals surface area contributed by atoms with Gasteiger partial charge in [0.1, 0.15) is 21.6 Å². The Bertz CT molecular complexity index is 1330. The minimum atomic E-state index is -0.783. The Morgan fingerprint density at radius 3 is 2.82 bits per heavy atom. The van der Waals surface area contributed by atoms with Crippen molar-refractivity contribution in [3.8, 4) is 10.6 Å². The zero-order chi connectivity index (χ0) is 23.1. The molecule has 33 heavy (non-hydrogen) atoms. The van der Waals surface area contributed by atoms with Crippen LogP contribution in [0.3, 0.4) is 0 Å². The van der Waals surface area contributed by atoms with Gasteiger partial charge in [0, 0.05) is 19.1 Å². The number of pyridine rings is 1. The van der Waals surface area contributed by atoms with Gasteiger partial charge >= 0.3 is 0 Å². The number of benzene rings is 1. The molecular weight excluding hydrogens is 450 g/mol. The summed E-state index contributed by atoms with van der Waals surface area (Å²) in [7, 11) is 0. The van der Waals surface area contributed by atoms with Crippen LogP contribution in [0.4, 0.5) is 25.2 Å². The van der Waals surface area contributed by atoms with E-state index < -0.39 is 17.5 Å². The second-order valence-corrected chi connectivity index (χ2v) is 8.81. The van der Waals surface area contributed by atoms with E-state index in [4.69, 9.17) is 11.5 Å². The maximum atomic E-state index is 14.2. The van der Waals surface area contributed by atoms with Gasteiger partial charge in [-0.25, -0.2) is 18.7 Å². The van der Waals surface area contributed by atoms with Crippen molar-refractivity contribution in [1.29, 1.82) is 0 Å². The van der Waals surface area contributed by atoms with Gasteiger partial charge < -0.3 is 21.7 Å². The van der Waals surface area contributed by atoms with Crippen molar-refractivity contribution in [3.05, 3.63) is 47.9 Å². The Morgan fingerprint density at radius 1 is 1.27 bits per heavy atom. The fraction of sp³-hybridized carbons (Fsp3) is 0.238. The highest BCUT2D eigenvalue weighted by Gasteiger charge is 2.26. The molecule has 1 aromatic carbocycles. The molecule has 1 atom stereocenters. The van der Waals surface area contributed by atoms with Crippen LogP contribution >= 0.6 is 11.3 Å². The first-order valence-electron chi connectivity index (χ1n) is 10.3. The number of thiazole rings is 1. The normalized spacial score (nSPS) is 16.3. The van der Waals surface area contributed by atoms with Crippen molar-refractivity contribution < 1.29 is 13.6 Å². The van der Waals surface area contributed by atoms with Crippen LogP contribution in [0.1, 0.15) is 23.3 Å². The molecule has 0 radical (unpaired) electrons. The lowest BCUT2D eigenvalue weighted by Gasteiger charge is -2.34. The summed E-state index contributed by atoms with van der Waals surface area (Å²) in [6.45, 7) is 1.37. The van der Waals surface area contributed by atoms with Crippen LogP contribution in [0.2, 0.25) is 0 Å². The number of rotatable bonds is 4. The fourth-order valence-electron chi connectivity index (χ4n) is 4.02. The molecular formula is C21H20F2N8OS. The lowest BCUT2D eigenvalue weighted by Crippen LogP contribution is -2.43. The number of amides is 1. The number of nitrogens with zero attached hydrogens (tertiary/aromatic N) is 4. The molecule has 1 unspecified atom stereocenters. The van der Waals surface area contributed by atoms with Crippen molar-refractivity contribution in [1.82, 2.24) is 20.2 Å². The molecule has 0 aliphatic carbocycles. The van der Waals surface area contributed by atoms with Gasteiger partial charge in [-0.1, -0.05) is 17.4 Å². The lowest BCUT2D eigenvalue weighted by molar-refractivity contribution is 0.102. The summed E-state index contributed by atoms with van der Waals surface area (Å²) in [5, 5.41) is 10.5. The maximum Gasteiger partial charge on any atom is 0.277 e. The average molecular weight is 471 g/mol. The van der Waals surface area contributed by atoms with Crippen molar-refractivity contribution in [2.45, 2.75) is 18.9 Å². The number of nitrogens with two attached hydrogens (primary N) is 2. The first kappa shape index (κ1) is 21.2. The monoisotopic (exact) mass is 470 g/mol. The minimum Gasteiger partial charge on any atom is -0.389 e. The minimum absolute atomic E-state index is 0.00447. The zero-order valence-electron chi connectivity index (χ0n) is 17.3. The Kier molecular flexibility index (Phi) is 5.38. The number of H-pyrrole nitrogens is 1. The number of fused-ring (bicyclic) bond motifs is 1. The van der Waals surface area contributed by atoms with Gasteiger partial charge in [-0.05, 0) is 25.0 Å². The van der Waals surface area contributed by atoms with Crippen molar-refractivity contribution in [2.75, 3.05) is 29.0 Å². The number of nitrogen functional groups attached to an aromatic ring is 1. The maximum absolute atomic E-state index is 14.2. The number of hydrogen-bond acceptors (Lipinski definition) is 8. The highest BCUT2D eigenvalue weighted by molar-refractivity contribution is 7.19. The van der Waals surface area contributed by atoms with E-state index in [0.29, 0.717) is 17.9 Å². The van der Waals surface area contributed by atoms with Crippen LogP contribution < -0.4 is 21.7 Å². The summed E-state index contributed by atoms with van der Waals surface area (Å²) in [6, 6.07) is 3.50. The molecule has 12 heteroatoms. The Hall–Kier alpha value is -3.64. The van der Waals surface area contributed by atoms with Gasteiger partial charge in [0.25, 0.3) is 5.91 Å². The van der Waals surface area contributed by atoms with Crippen LogP contribution in [0.25, 0.3) is 21.6 Å². The van der Waals surface area contributed by atoms with Crippen LogP contribution in [-0.2, 0) is 0 Å². The van der Waals surface area contributed by atoms with E-state index in [1.54, 1.807) is 6.20 Å². The molecule has 170 valence electrons. The molecule has 1 fully saturated rings. The topological polar surface area (TPSA) is 139 Å². The van der Waals surface area contributed by atoms with Crippen LogP contribution in [-0.4, -0.2) is 45.2 Å². The smallest absolute Gasteiger partial charge is 0.277 e. The van der Waals surface area contributed by atoms with Gasteiger partial charge in [0.2, 0.25) is 0 Å². The fourth-order valence-corrected chi connectivity index (χ4v) is 4.89. The van der Waals surface area contributed by atoms with Gasteiger partial charge in [-0.3, -0.25) is 9.89 Å². The van der Waals surface area contributed by atoms with Crippen molar-refractivity contribution in [2.24, 2.45) is 5.73 Å². The molecule has 1 aliphatic rings. The third-order valence-electron chi connectivity index (χ3n) is 5.52. The summed E-state index contributed by atoms with van der Waals surface area (Å²) in [6.07, 6.45) is 4.99. The molecule has 3 aromatic heterocycles. The van der Waals surface area contributed by atoms with E-state index in [2.05, 4.69) is 30.4 Å². The van der Waals surface area contributed by atoms with Crippen LogP contribution in [0.5, 0.6) is 0 Å². The summed E-state index contributed by atoms with van der Waals surface area (Å²) in [4.78, 5) is 23.6. The third kappa shape index (κ3) is 3.87. The number of carbonyl (C=O) groups is 1. The van der Waals surface area contributed by atoms with Gasteiger partial charge in [0.15, 0.2) is 11.3 Å². The van der Waals surface area contributed by atoms with Crippen LogP contribution in [0, 0.1) is 11.6 Å². The Labute approximate surface area is 190 Å². The second kappa shape index (κ2) is 8.37. The second-order valence-electron chi connectivity index (χ2n) is 7.78. The first-order valence-corrected chi connectivity index (χ1v) is 11.1. The highest BCUT2D eigenvalue weighted by Crippen LogP contribution is 2.36. The number of aromatic nitrogens is 4. The van der Waals surface area contributed by atoms with E-state index in [0.717, 1.165) is 53.9 Å². The molecule has 1 amide bonds. The van der Waals surface area contributed by atoms with E-state index >= 15 is 0 Å². The highest BCUT2D eigenvalue weighted by atomic mass is 32.1. The molecule has 0 bridgehead atoms. The molecule has 4 aromatic rings. The molecule has 1 aliphatic heterocycles. The largest absolute Gasteiger partial charge is 0.389 e. The molecule has 4 heterocycles. The SMILES string of the molecule is Nc1sc(-c2c(F)cccc2F)nc1C(=O)Nc1cnc2[nH]ncc2c1N1CCCC(N)C1. The lowest BCUT2D eigenvalue weighted by atomic mass is 10.0. The number of halogens is 2. The summed E-state index contributed by atoms with van der Waals surface area (Å²) in [5.74, 6) is -2.18. The number of nitrogens with one attached hydrogen (secondary N) is 2. The predicted molar refractivity (Wildman–Crippen MR) is 123 cm³/mol. The van der Waals surface area contributed by atoms with E-state index in [-0.39, 0.29) is 27.3 Å². The molecule has 5 rings (SSSR count). The quantitative estimate of drug-likeness (QED) is 0.359. The number of carbonyl (C=O) groups excluding carboxylic acids is 1. The van der Waals surface area contributed by atoms with Crippen LogP contribution in [0.15, 0.2) is 30.6 Å². The molecule has 0 spiro atoms. The van der Waals surface area contributed by atoms with E-state index in [9.17, 15) is 13.6 Å². The van der Waals surface area contributed by atoms with Gasteiger partial charge in [-0.2, -0.15) is 5.10 Å². The summed E-state index contributed by atoms with van der Waals surface area (Å²) >= 11 is 0.839.